The molecule has 0 spiro atoms. The molecule has 160 valence electrons. The second kappa shape index (κ2) is 8.40. The van der Waals surface area contributed by atoms with E-state index in [-0.39, 0.29) is 0 Å². The van der Waals surface area contributed by atoms with Crippen molar-refractivity contribution in [2.75, 3.05) is 43.5 Å². The molecule has 0 saturated carbocycles. The van der Waals surface area contributed by atoms with Crippen LogP contribution in [0.4, 0.5) is 11.8 Å². The van der Waals surface area contributed by atoms with E-state index in [0.29, 0.717) is 6.04 Å². The number of rotatable bonds is 5. The summed E-state index contributed by atoms with van der Waals surface area (Å²) in [7, 11) is 4.01. The topological polar surface area (TPSA) is 57.2 Å². The van der Waals surface area contributed by atoms with Crippen LogP contribution in [0.15, 0.2) is 42.5 Å². The maximum Gasteiger partial charge on any atom is 0.227 e. The minimum Gasteiger partial charge on any atom is -0.352 e. The van der Waals surface area contributed by atoms with Gasteiger partial charge in [-0.1, -0.05) is 43.7 Å². The van der Waals surface area contributed by atoms with Crippen molar-refractivity contribution < 1.29 is 0 Å². The van der Waals surface area contributed by atoms with Crippen LogP contribution in [-0.4, -0.2) is 54.7 Å². The molecule has 4 aromatic rings. The van der Waals surface area contributed by atoms with E-state index in [1.165, 1.54) is 12.8 Å². The summed E-state index contributed by atoms with van der Waals surface area (Å²) in [5.41, 5.74) is 3.13. The highest BCUT2D eigenvalue weighted by Crippen LogP contribution is 2.39. The van der Waals surface area contributed by atoms with Gasteiger partial charge in [-0.05, 0) is 18.6 Å². The summed E-state index contributed by atoms with van der Waals surface area (Å²) in [5.74, 6) is 1.79. The number of fused-ring (bicyclic) bond motifs is 3. The Bertz CT molecular complexity index is 1200. The molecule has 5 rings (SSSR count). The van der Waals surface area contributed by atoms with Crippen molar-refractivity contribution in [2.45, 2.75) is 25.8 Å². The van der Waals surface area contributed by atoms with Gasteiger partial charge in [-0.25, -0.2) is 9.97 Å². The first-order chi connectivity index (χ1) is 15.1. The van der Waals surface area contributed by atoms with Crippen LogP contribution in [0.1, 0.15) is 19.8 Å². The second-order valence-electron chi connectivity index (χ2n) is 8.32. The summed E-state index contributed by atoms with van der Waals surface area (Å²) in [6.07, 6.45) is 2.36. The van der Waals surface area contributed by atoms with Crippen LogP contribution in [0.25, 0.3) is 31.7 Å². The van der Waals surface area contributed by atoms with Gasteiger partial charge < -0.3 is 15.1 Å². The second-order valence-corrected chi connectivity index (χ2v) is 9.32. The van der Waals surface area contributed by atoms with Gasteiger partial charge in [0.1, 0.15) is 4.83 Å². The lowest BCUT2D eigenvalue weighted by Gasteiger charge is -2.35. The lowest BCUT2D eigenvalue weighted by atomic mass is 10.1. The Balaban J connectivity index is 1.65. The Morgan fingerprint density at radius 2 is 1.94 bits per heavy atom. The van der Waals surface area contributed by atoms with Crippen LogP contribution >= 0.6 is 11.3 Å². The highest BCUT2D eigenvalue weighted by molar-refractivity contribution is 7.26. The minimum atomic E-state index is 0.503. The maximum absolute atomic E-state index is 4.99. The van der Waals surface area contributed by atoms with Gasteiger partial charge in [0.25, 0.3) is 0 Å². The molecule has 1 atom stereocenters. The van der Waals surface area contributed by atoms with E-state index in [1.54, 1.807) is 11.3 Å². The smallest absolute Gasteiger partial charge is 0.227 e. The third kappa shape index (κ3) is 3.83. The normalized spacial score (nSPS) is 16.9. The van der Waals surface area contributed by atoms with Gasteiger partial charge >= 0.3 is 0 Å². The molecule has 0 amide bonds. The molecular weight excluding hydrogens is 404 g/mol. The summed E-state index contributed by atoms with van der Waals surface area (Å²) in [5, 5.41) is 4.76. The van der Waals surface area contributed by atoms with Gasteiger partial charge in [0.2, 0.25) is 5.95 Å². The third-order valence-electron chi connectivity index (χ3n) is 5.81. The molecule has 0 aliphatic carbocycles. The van der Waals surface area contributed by atoms with Crippen molar-refractivity contribution in [2.24, 2.45) is 0 Å². The third-order valence-corrected chi connectivity index (χ3v) is 6.90. The molecule has 1 saturated heterocycles. The lowest BCUT2D eigenvalue weighted by Crippen LogP contribution is -2.51. The number of nitrogens with zero attached hydrogens (tertiary/aromatic N) is 5. The number of pyridine rings is 1. The first kappa shape index (κ1) is 20.2. The average Bonchev–Trinajstić information content (AvgIpc) is 3.17. The van der Waals surface area contributed by atoms with E-state index < -0.39 is 0 Å². The van der Waals surface area contributed by atoms with E-state index in [0.717, 1.165) is 63.1 Å². The van der Waals surface area contributed by atoms with Crippen molar-refractivity contribution in [3.63, 3.8) is 0 Å². The standard InChI is InChI=1S/C24H28N6S/c1-4-8-17-15-30(14-13-25-17)22-21-20(27-24(28-22)29(2)3)18-11-12-19(26-23(18)31-21)16-9-6-5-7-10-16/h5-7,9-12,17,25H,4,8,13-15H2,1-3H3. The number of thiophene rings is 1. The maximum atomic E-state index is 4.99. The Labute approximate surface area is 186 Å². The van der Waals surface area contributed by atoms with Crippen molar-refractivity contribution in [3.05, 3.63) is 42.5 Å². The van der Waals surface area contributed by atoms with Crippen molar-refractivity contribution in [3.8, 4) is 11.3 Å². The first-order valence-corrected chi connectivity index (χ1v) is 11.8. The number of anilines is 2. The number of piperazine rings is 1. The van der Waals surface area contributed by atoms with Crippen molar-refractivity contribution >= 4 is 43.5 Å². The van der Waals surface area contributed by atoms with E-state index in [1.807, 2.05) is 25.1 Å². The molecule has 6 nitrogen and oxygen atoms in total. The largest absolute Gasteiger partial charge is 0.352 e. The Hall–Kier alpha value is -2.77. The predicted molar refractivity (Wildman–Crippen MR) is 131 cm³/mol. The fourth-order valence-electron chi connectivity index (χ4n) is 4.24. The van der Waals surface area contributed by atoms with E-state index in [9.17, 15) is 0 Å². The lowest BCUT2D eigenvalue weighted by molar-refractivity contribution is 0.430. The van der Waals surface area contributed by atoms with E-state index in [2.05, 4.69) is 53.5 Å². The number of benzene rings is 1. The van der Waals surface area contributed by atoms with Crippen molar-refractivity contribution in [1.82, 2.24) is 20.3 Å². The summed E-state index contributed by atoms with van der Waals surface area (Å²) in [6.45, 7) is 5.16. The van der Waals surface area contributed by atoms with Crippen LogP contribution in [0.5, 0.6) is 0 Å². The molecular formula is C24H28N6S. The van der Waals surface area contributed by atoms with Crippen LogP contribution in [0.2, 0.25) is 0 Å². The van der Waals surface area contributed by atoms with Gasteiger partial charge in [-0.15, -0.1) is 11.3 Å². The number of hydrogen-bond donors (Lipinski definition) is 1. The van der Waals surface area contributed by atoms with E-state index >= 15 is 0 Å². The zero-order valence-corrected chi connectivity index (χ0v) is 19.1. The fourth-order valence-corrected chi connectivity index (χ4v) is 5.37. The van der Waals surface area contributed by atoms with Gasteiger partial charge in [-0.3, -0.25) is 0 Å². The molecule has 1 aliphatic heterocycles. The van der Waals surface area contributed by atoms with Crippen LogP contribution < -0.4 is 15.1 Å². The zero-order valence-electron chi connectivity index (χ0n) is 18.3. The summed E-state index contributed by atoms with van der Waals surface area (Å²) >= 11 is 1.71. The zero-order chi connectivity index (χ0) is 21.4. The Morgan fingerprint density at radius 1 is 1.10 bits per heavy atom. The van der Waals surface area contributed by atoms with Crippen LogP contribution in [0, 0.1) is 0 Å². The molecule has 1 aliphatic rings. The molecule has 31 heavy (non-hydrogen) atoms. The molecule has 1 N–H and O–H groups in total. The molecule has 3 aromatic heterocycles. The molecule has 7 heteroatoms. The minimum absolute atomic E-state index is 0.503. The quantitative estimate of drug-likeness (QED) is 0.499. The SMILES string of the molecule is CCCC1CN(c2nc(N(C)C)nc3c2sc2nc(-c4ccccc4)ccc23)CCN1. The van der Waals surface area contributed by atoms with Gasteiger partial charge in [0, 0.05) is 50.7 Å². The van der Waals surface area contributed by atoms with Gasteiger partial charge in [0.05, 0.1) is 15.9 Å². The van der Waals surface area contributed by atoms with Crippen molar-refractivity contribution in [1.29, 1.82) is 0 Å². The summed E-state index contributed by atoms with van der Waals surface area (Å²) in [6, 6.07) is 15.1. The van der Waals surface area contributed by atoms with Gasteiger partial charge in [0.15, 0.2) is 5.82 Å². The molecule has 1 unspecified atom stereocenters. The van der Waals surface area contributed by atoms with Crippen LogP contribution in [0.3, 0.4) is 0 Å². The Kier molecular flexibility index (Phi) is 5.46. The number of nitrogens with one attached hydrogen (secondary N) is 1. The molecule has 1 fully saturated rings. The molecule has 0 radical (unpaired) electrons. The first-order valence-electron chi connectivity index (χ1n) is 11.0. The number of hydrogen-bond acceptors (Lipinski definition) is 7. The summed E-state index contributed by atoms with van der Waals surface area (Å²) in [4.78, 5) is 20.3. The molecule has 0 bridgehead atoms. The van der Waals surface area contributed by atoms with Crippen LogP contribution in [-0.2, 0) is 0 Å². The predicted octanol–water partition coefficient (Wildman–Crippen LogP) is 4.55. The Morgan fingerprint density at radius 3 is 2.71 bits per heavy atom. The molecule has 4 heterocycles. The fraction of sp³-hybridized carbons (Fsp3) is 0.375. The van der Waals surface area contributed by atoms with E-state index in [4.69, 9.17) is 15.0 Å². The highest BCUT2D eigenvalue weighted by Gasteiger charge is 2.25. The highest BCUT2D eigenvalue weighted by atomic mass is 32.1. The number of aromatic nitrogens is 3. The van der Waals surface area contributed by atoms with Gasteiger partial charge in [-0.2, -0.15) is 4.98 Å². The molecule has 1 aromatic carbocycles. The summed E-state index contributed by atoms with van der Waals surface area (Å²) < 4.78 is 1.13. The average molecular weight is 433 g/mol. The monoisotopic (exact) mass is 432 g/mol.